The minimum Gasteiger partial charge on any atom is -0.406 e. The third-order valence-corrected chi connectivity index (χ3v) is 4.67. The first-order valence-electron chi connectivity index (χ1n) is 9.85. The van der Waals surface area contributed by atoms with Crippen molar-refractivity contribution in [2.45, 2.75) is 13.3 Å². The third kappa shape index (κ3) is 5.50. The molecule has 0 saturated heterocycles. The molecule has 0 unspecified atom stereocenters. The van der Waals surface area contributed by atoms with Gasteiger partial charge in [-0.25, -0.2) is 15.0 Å². The summed E-state index contributed by atoms with van der Waals surface area (Å²) in [7, 11) is 1.85. The number of aromatic nitrogens is 4. The van der Waals surface area contributed by atoms with Crippen LogP contribution in [0.5, 0.6) is 5.75 Å². The van der Waals surface area contributed by atoms with Gasteiger partial charge in [-0.05, 0) is 48.9 Å². The van der Waals surface area contributed by atoms with Gasteiger partial charge in [0.25, 0.3) is 0 Å². The Kier molecular flexibility index (Phi) is 6.03. The summed E-state index contributed by atoms with van der Waals surface area (Å²) in [5.41, 5.74) is 3.44. The van der Waals surface area contributed by atoms with Crippen LogP contribution in [-0.2, 0) is 0 Å². The monoisotopic (exact) mass is 455 g/mol. The molecule has 11 heteroatoms. The molecular weight excluding hydrogens is 435 g/mol. The van der Waals surface area contributed by atoms with E-state index >= 15 is 0 Å². The number of ether oxygens (including phenoxy) is 1. The zero-order valence-corrected chi connectivity index (χ0v) is 17.7. The van der Waals surface area contributed by atoms with Crippen molar-refractivity contribution >= 4 is 28.8 Å². The number of alkyl halides is 3. The van der Waals surface area contributed by atoms with Crippen molar-refractivity contribution in [2.75, 3.05) is 23.0 Å². The molecule has 0 radical (unpaired) electrons. The van der Waals surface area contributed by atoms with E-state index in [9.17, 15) is 13.2 Å². The van der Waals surface area contributed by atoms with Gasteiger partial charge in [-0.3, -0.25) is 4.57 Å². The summed E-state index contributed by atoms with van der Waals surface area (Å²) in [6.07, 6.45) is 0.0541. The van der Waals surface area contributed by atoms with E-state index in [-0.39, 0.29) is 5.75 Å². The zero-order chi connectivity index (χ0) is 23.4. The van der Waals surface area contributed by atoms with Crippen molar-refractivity contribution in [2.24, 2.45) is 0 Å². The molecule has 4 rings (SSSR count). The van der Waals surface area contributed by atoms with Gasteiger partial charge in [-0.15, -0.1) is 13.2 Å². The van der Waals surface area contributed by atoms with Gasteiger partial charge in [0.15, 0.2) is 0 Å². The van der Waals surface area contributed by atoms with Gasteiger partial charge < -0.3 is 20.7 Å². The number of benzene rings is 2. The lowest BCUT2D eigenvalue weighted by Gasteiger charge is -2.13. The number of rotatable bonds is 7. The number of aryl methyl sites for hydroxylation is 1. The molecule has 0 aliphatic rings. The Balaban J connectivity index is 1.53. The number of hydrogen-bond donors (Lipinski definition) is 3. The maximum atomic E-state index is 12.3. The summed E-state index contributed by atoms with van der Waals surface area (Å²) in [4.78, 5) is 12.9. The van der Waals surface area contributed by atoms with Gasteiger partial charge in [0.05, 0.1) is 0 Å². The van der Waals surface area contributed by atoms with E-state index in [1.54, 1.807) is 23.0 Å². The highest BCUT2D eigenvalue weighted by Crippen LogP contribution is 2.27. The van der Waals surface area contributed by atoms with Crippen molar-refractivity contribution < 1.29 is 17.9 Å². The fourth-order valence-electron chi connectivity index (χ4n) is 3.05. The molecule has 8 nitrogen and oxygen atoms in total. The van der Waals surface area contributed by atoms with Crippen molar-refractivity contribution in [3.8, 4) is 11.6 Å². The number of imidazole rings is 1. The normalized spacial score (nSPS) is 11.2. The first-order chi connectivity index (χ1) is 15.8. The van der Waals surface area contributed by atoms with Gasteiger partial charge in [0.1, 0.15) is 23.7 Å². The Hall–Kier alpha value is -4.28. The largest absolute Gasteiger partial charge is 0.573 e. The average molecular weight is 455 g/mol. The Labute approximate surface area is 187 Å². The van der Waals surface area contributed by atoms with Crippen LogP contribution in [0.4, 0.5) is 42.0 Å². The molecule has 2 aromatic carbocycles. The minimum absolute atomic E-state index is 0.303. The third-order valence-electron chi connectivity index (χ3n) is 4.67. The molecular formula is C22H20F3N7O. The number of nitrogens with one attached hydrogen (secondary N) is 3. The molecule has 4 aromatic rings. The topological polar surface area (TPSA) is 88.9 Å². The van der Waals surface area contributed by atoms with Crippen molar-refractivity contribution in [1.82, 2.24) is 19.5 Å². The van der Waals surface area contributed by atoms with Gasteiger partial charge in [0.2, 0.25) is 5.95 Å². The molecule has 0 aliphatic heterocycles. The maximum absolute atomic E-state index is 12.3. The van der Waals surface area contributed by atoms with E-state index in [4.69, 9.17) is 0 Å². The van der Waals surface area contributed by atoms with Gasteiger partial charge >= 0.3 is 6.36 Å². The summed E-state index contributed by atoms with van der Waals surface area (Å²) in [5.74, 6) is 1.26. The van der Waals surface area contributed by atoms with Crippen LogP contribution in [0.25, 0.3) is 5.82 Å². The van der Waals surface area contributed by atoms with E-state index in [1.165, 1.54) is 30.6 Å². The Bertz CT molecular complexity index is 1240. The zero-order valence-electron chi connectivity index (χ0n) is 17.7. The lowest BCUT2D eigenvalue weighted by atomic mass is 10.2. The second kappa shape index (κ2) is 9.07. The quantitative estimate of drug-likeness (QED) is 0.344. The molecule has 0 fully saturated rings. The highest BCUT2D eigenvalue weighted by Gasteiger charge is 2.30. The lowest BCUT2D eigenvalue weighted by molar-refractivity contribution is -0.274. The summed E-state index contributed by atoms with van der Waals surface area (Å²) < 4.78 is 42.6. The second-order valence-electron chi connectivity index (χ2n) is 6.98. The molecule has 3 N–H and O–H groups in total. The second-order valence-corrected chi connectivity index (χ2v) is 6.98. The molecule has 0 bridgehead atoms. The fourth-order valence-corrected chi connectivity index (χ4v) is 3.05. The van der Waals surface area contributed by atoms with E-state index in [1.807, 2.05) is 32.2 Å². The molecule has 0 amide bonds. The molecule has 33 heavy (non-hydrogen) atoms. The van der Waals surface area contributed by atoms with E-state index in [0.717, 1.165) is 16.9 Å². The summed E-state index contributed by atoms with van der Waals surface area (Å²) >= 11 is 0. The van der Waals surface area contributed by atoms with Crippen LogP contribution in [0.3, 0.4) is 0 Å². The van der Waals surface area contributed by atoms with Gasteiger partial charge in [-0.2, -0.15) is 0 Å². The molecule has 170 valence electrons. The number of halogens is 3. The van der Waals surface area contributed by atoms with Crippen molar-refractivity contribution in [3.63, 3.8) is 0 Å². The van der Waals surface area contributed by atoms with Crippen LogP contribution in [0.2, 0.25) is 0 Å². The fraction of sp³-hybridized carbons (Fsp3) is 0.136. The predicted molar refractivity (Wildman–Crippen MR) is 120 cm³/mol. The Morgan fingerprint density at radius 2 is 1.67 bits per heavy atom. The molecule has 2 aromatic heterocycles. The summed E-state index contributed by atoms with van der Waals surface area (Å²) in [5, 5.41) is 9.46. The highest BCUT2D eigenvalue weighted by atomic mass is 19.4. The predicted octanol–water partition coefficient (Wildman–Crippen LogP) is 5.40. The minimum atomic E-state index is -4.74. The van der Waals surface area contributed by atoms with Crippen LogP contribution in [0, 0.1) is 6.92 Å². The number of anilines is 5. The molecule has 0 spiro atoms. The van der Waals surface area contributed by atoms with E-state index < -0.39 is 6.36 Å². The first-order valence-corrected chi connectivity index (χ1v) is 9.85. The Morgan fingerprint density at radius 3 is 2.39 bits per heavy atom. The Morgan fingerprint density at radius 1 is 0.909 bits per heavy atom. The van der Waals surface area contributed by atoms with Crippen LogP contribution in [-0.4, -0.2) is 32.9 Å². The highest BCUT2D eigenvalue weighted by molar-refractivity contribution is 5.66. The van der Waals surface area contributed by atoms with Crippen LogP contribution < -0.4 is 20.7 Å². The van der Waals surface area contributed by atoms with Crippen LogP contribution in [0.1, 0.15) is 5.56 Å². The SMILES string of the molecule is CNc1ccc(C)c(Nc2nccn2-c2cc(Nc3ccc(OC(F)(F)F)cc3)ncn2)c1. The number of hydrogen-bond acceptors (Lipinski definition) is 7. The summed E-state index contributed by atoms with van der Waals surface area (Å²) in [6, 6.07) is 13.0. The molecule has 0 atom stereocenters. The van der Waals surface area contributed by atoms with E-state index in [0.29, 0.717) is 23.3 Å². The molecule has 2 heterocycles. The van der Waals surface area contributed by atoms with Gasteiger partial charge in [-0.1, -0.05) is 6.07 Å². The summed E-state index contributed by atoms with van der Waals surface area (Å²) in [6.45, 7) is 1.99. The first kappa shape index (κ1) is 21.9. The standard InChI is InChI=1S/C22H20F3N7O/c1-14-3-4-16(26-2)11-18(14)31-21-27-9-10-32(21)20-12-19(28-13-29-20)30-15-5-7-17(8-6-15)33-22(23,24)25/h3-13,26H,1-2H3,(H,27,31)(H,28,29,30). The smallest absolute Gasteiger partial charge is 0.406 e. The van der Waals surface area contributed by atoms with Crippen LogP contribution >= 0.6 is 0 Å². The maximum Gasteiger partial charge on any atom is 0.573 e. The lowest BCUT2D eigenvalue weighted by Crippen LogP contribution is -2.16. The van der Waals surface area contributed by atoms with Crippen molar-refractivity contribution in [3.05, 3.63) is 72.8 Å². The number of nitrogens with zero attached hydrogens (tertiary/aromatic N) is 4. The van der Waals surface area contributed by atoms with Crippen molar-refractivity contribution in [1.29, 1.82) is 0 Å². The molecule has 0 saturated carbocycles. The molecule has 0 aliphatic carbocycles. The van der Waals surface area contributed by atoms with E-state index in [2.05, 4.69) is 35.6 Å². The average Bonchev–Trinajstić information content (AvgIpc) is 3.24. The van der Waals surface area contributed by atoms with Gasteiger partial charge in [0, 0.05) is 42.6 Å². The van der Waals surface area contributed by atoms with Crippen LogP contribution in [0.15, 0.2) is 67.3 Å².